The van der Waals surface area contributed by atoms with Crippen molar-refractivity contribution in [2.45, 2.75) is 25.3 Å². The van der Waals surface area contributed by atoms with Crippen molar-refractivity contribution < 1.29 is 14.5 Å². The molecule has 1 heterocycles. The Hall–Kier alpha value is -3.15. The van der Waals surface area contributed by atoms with Crippen molar-refractivity contribution in [2.24, 2.45) is 5.92 Å². The molecule has 0 fully saturated rings. The monoisotopic (exact) mass is 364 g/mol. The van der Waals surface area contributed by atoms with Gasteiger partial charge in [-0.1, -0.05) is 30.4 Å². The molecule has 138 valence electrons. The van der Waals surface area contributed by atoms with E-state index in [0.717, 1.165) is 28.8 Å². The second kappa shape index (κ2) is 6.54. The minimum Gasteiger partial charge on any atom is -0.465 e. The van der Waals surface area contributed by atoms with Crippen LogP contribution in [-0.4, -0.2) is 18.0 Å². The summed E-state index contributed by atoms with van der Waals surface area (Å²) in [6, 6.07) is 10.4. The number of nitrogens with zero attached hydrogens (tertiary/aromatic N) is 1. The molecule has 2 aromatic rings. The molecule has 1 aliphatic carbocycles. The van der Waals surface area contributed by atoms with E-state index in [1.807, 2.05) is 25.1 Å². The van der Waals surface area contributed by atoms with E-state index < -0.39 is 0 Å². The fourth-order valence-electron chi connectivity index (χ4n) is 4.30. The van der Waals surface area contributed by atoms with Crippen LogP contribution in [0.3, 0.4) is 0 Å². The molecule has 1 N–H and O–H groups in total. The molecule has 2 aliphatic rings. The van der Waals surface area contributed by atoms with Gasteiger partial charge in [0.2, 0.25) is 0 Å². The largest absolute Gasteiger partial charge is 0.465 e. The van der Waals surface area contributed by atoms with Crippen molar-refractivity contribution in [2.75, 3.05) is 12.4 Å². The van der Waals surface area contributed by atoms with Gasteiger partial charge in [0, 0.05) is 23.7 Å². The highest BCUT2D eigenvalue weighted by molar-refractivity contribution is 5.94. The molecule has 0 amide bonds. The molecule has 0 saturated heterocycles. The Kier molecular flexibility index (Phi) is 4.18. The summed E-state index contributed by atoms with van der Waals surface area (Å²) >= 11 is 0. The predicted octanol–water partition coefficient (Wildman–Crippen LogP) is 4.52. The lowest BCUT2D eigenvalue weighted by Gasteiger charge is -2.39. The van der Waals surface area contributed by atoms with E-state index in [9.17, 15) is 14.9 Å². The van der Waals surface area contributed by atoms with E-state index in [1.54, 1.807) is 12.1 Å². The van der Waals surface area contributed by atoms with Crippen LogP contribution in [-0.2, 0) is 4.74 Å². The highest BCUT2D eigenvalue weighted by Gasteiger charge is 2.41. The van der Waals surface area contributed by atoms with Crippen molar-refractivity contribution in [3.63, 3.8) is 0 Å². The lowest BCUT2D eigenvalue weighted by atomic mass is 9.74. The number of anilines is 1. The molecular formula is C21H20N2O4. The van der Waals surface area contributed by atoms with Crippen LogP contribution in [0.5, 0.6) is 0 Å². The van der Waals surface area contributed by atoms with Gasteiger partial charge in [0.05, 0.1) is 23.6 Å². The van der Waals surface area contributed by atoms with Crippen LogP contribution in [0.2, 0.25) is 0 Å². The number of hydrogen-bond acceptors (Lipinski definition) is 5. The molecule has 1 aliphatic heterocycles. The van der Waals surface area contributed by atoms with Gasteiger partial charge in [-0.2, -0.15) is 0 Å². The number of nitro groups is 1. The molecule has 27 heavy (non-hydrogen) atoms. The number of esters is 1. The quantitative estimate of drug-likeness (QED) is 0.375. The summed E-state index contributed by atoms with van der Waals surface area (Å²) in [5.41, 5.74) is 4.46. The number of carbonyl (C=O) groups excluding carboxylic acids is 1. The first-order valence-electron chi connectivity index (χ1n) is 8.90. The van der Waals surface area contributed by atoms with Gasteiger partial charge in [-0.3, -0.25) is 10.1 Å². The molecule has 0 unspecified atom stereocenters. The highest BCUT2D eigenvalue weighted by Crippen LogP contribution is 2.52. The van der Waals surface area contributed by atoms with Crippen LogP contribution in [0.15, 0.2) is 48.6 Å². The summed E-state index contributed by atoms with van der Waals surface area (Å²) < 4.78 is 4.98. The maximum absolute atomic E-state index is 12.3. The number of nitro benzene ring substituents is 1. The van der Waals surface area contributed by atoms with Crippen LogP contribution in [0.4, 0.5) is 11.4 Å². The van der Waals surface area contributed by atoms with E-state index in [2.05, 4.69) is 17.5 Å². The molecule has 6 nitrogen and oxygen atoms in total. The standard InChI is InChI=1S/C21H20N2O4/c1-12-9-10-17(21(24)27-2)18-15-7-4-8-16(15)20(22-19(12)18)13-5-3-6-14(11-13)23(25)26/h3-7,9-11,15-16,20,22H,8H2,1-2H3/t15-,16+,20+/m1/s1. The van der Waals surface area contributed by atoms with Crippen LogP contribution in [0.1, 0.15) is 45.4 Å². The van der Waals surface area contributed by atoms with E-state index >= 15 is 0 Å². The summed E-state index contributed by atoms with van der Waals surface area (Å²) in [7, 11) is 1.39. The zero-order chi connectivity index (χ0) is 19.1. The molecule has 2 aromatic carbocycles. The van der Waals surface area contributed by atoms with Crippen LogP contribution in [0, 0.1) is 23.0 Å². The number of methoxy groups -OCH3 is 1. The summed E-state index contributed by atoms with van der Waals surface area (Å²) in [5, 5.41) is 14.8. The average Bonchev–Trinajstić information content (AvgIpc) is 3.17. The van der Waals surface area contributed by atoms with Crippen LogP contribution >= 0.6 is 0 Å². The van der Waals surface area contributed by atoms with Crippen molar-refractivity contribution >= 4 is 17.3 Å². The number of nitrogens with one attached hydrogen (secondary N) is 1. The first-order valence-corrected chi connectivity index (χ1v) is 8.90. The number of allylic oxidation sites excluding steroid dienone is 2. The molecular weight excluding hydrogens is 344 g/mol. The third kappa shape index (κ3) is 2.77. The van der Waals surface area contributed by atoms with Gasteiger partial charge < -0.3 is 10.1 Å². The fraction of sp³-hybridized carbons (Fsp3) is 0.286. The van der Waals surface area contributed by atoms with Gasteiger partial charge in [0.25, 0.3) is 5.69 Å². The van der Waals surface area contributed by atoms with Gasteiger partial charge in [-0.05, 0) is 42.0 Å². The van der Waals surface area contributed by atoms with Gasteiger partial charge in [0.1, 0.15) is 0 Å². The fourth-order valence-corrected chi connectivity index (χ4v) is 4.30. The van der Waals surface area contributed by atoms with Crippen molar-refractivity contribution in [3.8, 4) is 0 Å². The predicted molar refractivity (Wildman–Crippen MR) is 102 cm³/mol. The number of carbonyl (C=O) groups is 1. The minimum atomic E-state index is -0.370. The van der Waals surface area contributed by atoms with E-state index in [0.29, 0.717) is 5.56 Å². The Bertz CT molecular complexity index is 967. The first kappa shape index (κ1) is 17.3. The van der Waals surface area contributed by atoms with Crippen LogP contribution < -0.4 is 5.32 Å². The SMILES string of the molecule is COC(=O)c1ccc(C)c2c1[C@@H]1C=CC[C@@H]1[C@H](c1cccc([N+](=O)[O-])c1)N2. The second-order valence-corrected chi connectivity index (χ2v) is 7.04. The first-order chi connectivity index (χ1) is 13.0. The Morgan fingerprint density at radius 3 is 2.85 bits per heavy atom. The van der Waals surface area contributed by atoms with E-state index in [-0.39, 0.29) is 34.5 Å². The number of hydrogen-bond donors (Lipinski definition) is 1. The van der Waals surface area contributed by atoms with Gasteiger partial charge in [0.15, 0.2) is 0 Å². The van der Waals surface area contributed by atoms with Gasteiger partial charge in [-0.15, -0.1) is 0 Å². The lowest BCUT2D eigenvalue weighted by Crippen LogP contribution is -2.31. The third-order valence-electron chi connectivity index (χ3n) is 5.57. The molecule has 0 saturated carbocycles. The average molecular weight is 364 g/mol. The molecule has 0 radical (unpaired) electrons. The number of fused-ring (bicyclic) bond motifs is 3. The maximum Gasteiger partial charge on any atom is 0.338 e. The third-order valence-corrected chi connectivity index (χ3v) is 5.57. The second-order valence-electron chi connectivity index (χ2n) is 7.04. The number of benzene rings is 2. The molecule has 0 aromatic heterocycles. The minimum absolute atomic E-state index is 0.0657. The number of rotatable bonds is 3. The molecule has 3 atom stereocenters. The zero-order valence-electron chi connectivity index (χ0n) is 15.1. The van der Waals surface area contributed by atoms with E-state index in [1.165, 1.54) is 13.2 Å². The summed E-state index contributed by atoms with van der Waals surface area (Å²) in [5.74, 6) is -0.0925. The van der Waals surface area contributed by atoms with Gasteiger partial charge >= 0.3 is 5.97 Å². The number of aryl methyl sites for hydroxylation is 1. The Morgan fingerprint density at radius 1 is 1.30 bits per heavy atom. The molecule has 6 heteroatoms. The zero-order valence-corrected chi connectivity index (χ0v) is 15.1. The number of non-ortho nitro benzene ring substituents is 1. The number of ether oxygens (including phenoxy) is 1. The normalized spacial score (nSPS) is 22.5. The smallest absolute Gasteiger partial charge is 0.338 e. The molecule has 0 spiro atoms. The van der Waals surface area contributed by atoms with Crippen molar-refractivity contribution in [1.82, 2.24) is 0 Å². The Balaban J connectivity index is 1.84. The molecule has 4 rings (SSSR count). The van der Waals surface area contributed by atoms with Crippen LogP contribution in [0.25, 0.3) is 0 Å². The summed E-state index contributed by atoms with van der Waals surface area (Å²) in [6.07, 6.45) is 5.11. The maximum atomic E-state index is 12.3. The van der Waals surface area contributed by atoms with Crippen molar-refractivity contribution in [1.29, 1.82) is 0 Å². The van der Waals surface area contributed by atoms with Gasteiger partial charge in [-0.25, -0.2) is 4.79 Å². The van der Waals surface area contributed by atoms with Crippen molar-refractivity contribution in [3.05, 3.63) is 80.9 Å². The highest BCUT2D eigenvalue weighted by atomic mass is 16.6. The van der Waals surface area contributed by atoms with E-state index in [4.69, 9.17) is 4.74 Å². The summed E-state index contributed by atoms with van der Waals surface area (Å²) in [4.78, 5) is 23.1. The Labute approximate surface area is 157 Å². The summed E-state index contributed by atoms with van der Waals surface area (Å²) in [6.45, 7) is 2.00. The topological polar surface area (TPSA) is 81.5 Å². The lowest BCUT2D eigenvalue weighted by molar-refractivity contribution is -0.384. The molecule has 0 bridgehead atoms. The Morgan fingerprint density at radius 2 is 2.11 bits per heavy atom.